The Kier molecular flexibility index (Phi) is 12.3. The molecule has 0 unspecified atom stereocenters. The van der Waals surface area contributed by atoms with Crippen molar-refractivity contribution in [2.45, 2.75) is 38.8 Å². The second kappa shape index (κ2) is 13.6. The molecule has 1 heterocycles. The highest BCUT2D eigenvalue weighted by Gasteiger charge is 2.21. The van der Waals surface area contributed by atoms with Crippen molar-refractivity contribution < 1.29 is 9.47 Å². The quantitative estimate of drug-likeness (QED) is 0.257. The molecule has 0 aromatic heterocycles. The lowest BCUT2D eigenvalue weighted by Crippen LogP contribution is -2.47. The molecule has 0 atom stereocenters. The van der Waals surface area contributed by atoms with Gasteiger partial charge in [-0.25, -0.2) is 4.99 Å². The predicted octanol–water partition coefficient (Wildman–Crippen LogP) is 3.94. The van der Waals surface area contributed by atoms with Gasteiger partial charge in [0.05, 0.1) is 12.6 Å². The van der Waals surface area contributed by atoms with E-state index in [9.17, 15) is 0 Å². The maximum absolute atomic E-state index is 6.23. The van der Waals surface area contributed by atoms with Gasteiger partial charge in [0.1, 0.15) is 0 Å². The van der Waals surface area contributed by atoms with Crippen LogP contribution < -0.4 is 5.32 Å². The lowest BCUT2D eigenvalue weighted by atomic mass is 10.1. The molecule has 5 nitrogen and oxygen atoms in total. The maximum atomic E-state index is 6.23. The van der Waals surface area contributed by atoms with Crippen molar-refractivity contribution in [3.8, 4) is 0 Å². The normalized spacial score (nSPS) is 15.7. The van der Waals surface area contributed by atoms with Gasteiger partial charge >= 0.3 is 0 Å². The summed E-state index contributed by atoms with van der Waals surface area (Å²) >= 11 is 6.23. The van der Waals surface area contributed by atoms with Crippen LogP contribution in [0.4, 0.5) is 0 Å². The van der Waals surface area contributed by atoms with Crippen molar-refractivity contribution in [1.82, 2.24) is 10.2 Å². The highest BCUT2D eigenvalue weighted by atomic mass is 127. The van der Waals surface area contributed by atoms with Crippen LogP contribution in [0.15, 0.2) is 29.3 Å². The summed E-state index contributed by atoms with van der Waals surface area (Å²) in [5.41, 5.74) is 1.05. The molecule has 0 aliphatic carbocycles. The first-order valence-corrected chi connectivity index (χ1v) is 9.49. The molecular formula is C19H31ClIN3O2. The fourth-order valence-electron chi connectivity index (χ4n) is 2.90. The monoisotopic (exact) mass is 495 g/mol. The van der Waals surface area contributed by atoms with E-state index in [0.29, 0.717) is 12.6 Å². The van der Waals surface area contributed by atoms with Crippen molar-refractivity contribution in [3.63, 3.8) is 0 Å². The summed E-state index contributed by atoms with van der Waals surface area (Å²) < 4.78 is 11.0. The predicted molar refractivity (Wildman–Crippen MR) is 119 cm³/mol. The number of benzene rings is 1. The van der Waals surface area contributed by atoms with Crippen molar-refractivity contribution in [2.75, 3.05) is 40.0 Å². The number of halogens is 2. The highest BCUT2D eigenvalue weighted by molar-refractivity contribution is 14.0. The molecule has 1 N–H and O–H groups in total. The zero-order valence-electron chi connectivity index (χ0n) is 15.7. The average molecular weight is 496 g/mol. The van der Waals surface area contributed by atoms with Crippen LogP contribution in [0.5, 0.6) is 0 Å². The molecule has 1 aliphatic rings. The lowest BCUT2D eigenvalue weighted by molar-refractivity contribution is 0.00990. The Labute approximate surface area is 179 Å². The van der Waals surface area contributed by atoms with Crippen molar-refractivity contribution in [1.29, 1.82) is 0 Å². The van der Waals surface area contributed by atoms with Gasteiger partial charge in [-0.15, -0.1) is 24.0 Å². The van der Waals surface area contributed by atoms with Crippen molar-refractivity contribution >= 4 is 41.5 Å². The van der Waals surface area contributed by atoms with Crippen LogP contribution in [-0.4, -0.2) is 56.9 Å². The molecule has 26 heavy (non-hydrogen) atoms. The van der Waals surface area contributed by atoms with Gasteiger partial charge in [-0.2, -0.15) is 0 Å². The minimum absolute atomic E-state index is 0. The number of aliphatic imine (C=N–C) groups is 1. The molecule has 1 aromatic carbocycles. The van der Waals surface area contributed by atoms with Gasteiger partial charge in [0.15, 0.2) is 5.96 Å². The number of hydrogen-bond donors (Lipinski definition) is 1. The lowest BCUT2D eigenvalue weighted by Gasteiger charge is -2.34. The van der Waals surface area contributed by atoms with Crippen LogP contribution in [0.3, 0.4) is 0 Å². The number of hydrogen-bond acceptors (Lipinski definition) is 3. The number of piperidine rings is 1. The van der Waals surface area contributed by atoms with Crippen LogP contribution in [0.25, 0.3) is 0 Å². The highest BCUT2D eigenvalue weighted by Crippen LogP contribution is 2.17. The smallest absolute Gasteiger partial charge is 0.194 e. The summed E-state index contributed by atoms with van der Waals surface area (Å²) in [7, 11) is 1.72. The van der Waals surface area contributed by atoms with E-state index in [2.05, 4.69) is 17.1 Å². The molecular weight excluding hydrogens is 465 g/mol. The van der Waals surface area contributed by atoms with Gasteiger partial charge in [-0.1, -0.05) is 29.8 Å². The van der Waals surface area contributed by atoms with Gasteiger partial charge in [0.25, 0.3) is 0 Å². The fraction of sp³-hybridized carbons (Fsp3) is 0.632. The van der Waals surface area contributed by atoms with Gasteiger partial charge in [0.2, 0.25) is 0 Å². The number of ether oxygens (including phenoxy) is 2. The average Bonchev–Trinajstić information content (AvgIpc) is 2.64. The number of methoxy groups -OCH3 is 1. The van der Waals surface area contributed by atoms with Crippen LogP contribution in [0, 0.1) is 0 Å². The Morgan fingerprint density at radius 3 is 2.65 bits per heavy atom. The number of likely N-dealkylation sites (tertiary alicyclic amines) is 1. The number of nitrogens with one attached hydrogen (secondary N) is 1. The molecule has 0 amide bonds. The van der Waals surface area contributed by atoms with Crippen molar-refractivity contribution in [2.24, 2.45) is 4.99 Å². The number of nitrogens with zero attached hydrogens (tertiary/aromatic N) is 2. The van der Waals surface area contributed by atoms with Crippen LogP contribution in [0.2, 0.25) is 5.02 Å². The molecule has 0 saturated carbocycles. The first kappa shape index (κ1) is 23.5. The number of rotatable bonds is 8. The summed E-state index contributed by atoms with van der Waals surface area (Å²) in [5.74, 6) is 0.959. The standard InChI is InChI=1S/C19H30ClN3O2.HI/c1-3-21-19(22-15-16-7-4-5-8-18(16)20)23-11-9-17(10-12-23)25-14-6-13-24-2;/h4-5,7-8,17H,3,6,9-15H2,1-2H3,(H,21,22);1H. The Morgan fingerprint density at radius 2 is 2.00 bits per heavy atom. The molecule has 1 fully saturated rings. The second-order valence-electron chi connectivity index (χ2n) is 6.17. The first-order valence-electron chi connectivity index (χ1n) is 9.11. The molecule has 148 valence electrons. The zero-order chi connectivity index (χ0) is 17.9. The summed E-state index contributed by atoms with van der Waals surface area (Å²) in [6, 6.07) is 7.87. The van der Waals surface area contributed by atoms with E-state index in [-0.39, 0.29) is 24.0 Å². The minimum atomic E-state index is 0. The van der Waals surface area contributed by atoms with Gasteiger partial charge < -0.3 is 19.7 Å². The van der Waals surface area contributed by atoms with Crippen molar-refractivity contribution in [3.05, 3.63) is 34.9 Å². The van der Waals surface area contributed by atoms with E-state index in [1.807, 2.05) is 24.3 Å². The molecule has 1 aromatic rings. The SMILES string of the molecule is CCNC(=NCc1ccccc1Cl)N1CCC(OCCCOC)CC1.I. The topological polar surface area (TPSA) is 46.1 Å². The maximum Gasteiger partial charge on any atom is 0.194 e. The third kappa shape index (κ3) is 7.98. The van der Waals surface area contributed by atoms with Gasteiger partial charge in [-0.3, -0.25) is 0 Å². The van der Waals surface area contributed by atoms with E-state index < -0.39 is 0 Å². The zero-order valence-corrected chi connectivity index (χ0v) is 18.8. The fourth-order valence-corrected chi connectivity index (χ4v) is 3.10. The molecule has 1 aliphatic heterocycles. The Hall–Kier alpha value is -0.570. The summed E-state index contributed by atoms with van der Waals surface area (Å²) in [6.45, 7) is 7.00. The van der Waals surface area contributed by atoms with Gasteiger partial charge in [-0.05, 0) is 37.8 Å². The Balaban J connectivity index is 0.00000338. The summed E-state index contributed by atoms with van der Waals surface area (Å²) in [4.78, 5) is 7.08. The molecule has 7 heteroatoms. The molecule has 1 saturated heterocycles. The second-order valence-corrected chi connectivity index (χ2v) is 6.57. The third-order valence-corrected chi connectivity index (χ3v) is 4.65. The summed E-state index contributed by atoms with van der Waals surface area (Å²) in [5, 5.41) is 4.16. The van der Waals surface area contributed by atoms with E-state index in [4.69, 9.17) is 26.1 Å². The van der Waals surface area contributed by atoms with Crippen LogP contribution in [-0.2, 0) is 16.0 Å². The first-order chi connectivity index (χ1) is 12.2. The largest absolute Gasteiger partial charge is 0.385 e. The molecule has 0 bridgehead atoms. The third-order valence-electron chi connectivity index (χ3n) is 4.28. The Morgan fingerprint density at radius 1 is 1.27 bits per heavy atom. The van der Waals surface area contributed by atoms with Gasteiger partial charge in [0, 0.05) is 45.0 Å². The van der Waals surface area contributed by atoms with Crippen LogP contribution in [0.1, 0.15) is 31.7 Å². The molecule has 0 radical (unpaired) electrons. The number of guanidine groups is 1. The van der Waals surface area contributed by atoms with E-state index >= 15 is 0 Å². The minimum Gasteiger partial charge on any atom is -0.385 e. The Bertz CT molecular complexity index is 537. The summed E-state index contributed by atoms with van der Waals surface area (Å²) in [6.07, 6.45) is 3.37. The van der Waals surface area contributed by atoms with Crippen LogP contribution >= 0.6 is 35.6 Å². The van der Waals surface area contributed by atoms with E-state index in [0.717, 1.165) is 68.7 Å². The molecule has 0 spiro atoms. The van der Waals surface area contributed by atoms with E-state index in [1.54, 1.807) is 7.11 Å². The van der Waals surface area contributed by atoms with E-state index in [1.165, 1.54) is 0 Å². The molecule has 2 rings (SSSR count).